The highest BCUT2D eigenvalue weighted by atomic mass is 16.5. The number of aromatic nitrogens is 3. The van der Waals surface area contributed by atoms with Crippen molar-refractivity contribution in [3.63, 3.8) is 0 Å². The molecule has 1 atom stereocenters. The van der Waals surface area contributed by atoms with E-state index >= 15 is 0 Å². The second-order valence-corrected chi connectivity index (χ2v) is 4.51. The summed E-state index contributed by atoms with van der Waals surface area (Å²) < 4.78 is 7.59. The summed E-state index contributed by atoms with van der Waals surface area (Å²) in [5.41, 5.74) is 1.66. The highest BCUT2D eigenvalue weighted by molar-refractivity contribution is 5.13. The van der Waals surface area contributed by atoms with Crippen LogP contribution in [0.4, 0.5) is 0 Å². The fraction of sp³-hybridized carbons (Fsp3) is 0.833. The zero-order chi connectivity index (χ0) is 12.1. The van der Waals surface area contributed by atoms with E-state index in [1.807, 2.05) is 4.68 Å². The standard InChI is InChI=1S/C12H21N3O2/c1-2-3-4-7-15-12(10(9-16)13-14-15)11-6-5-8-17-11/h11,16H,2-9H2,1H3. The number of aliphatic hydroxyl groups is 1. The second kappa shape index (κ2) is 6.12. The Hall–Kier alpha value is -0.940. The molecule has 17 heavy (non-hydrogen) atoms. The molecule has 0 radical (unpaired) electrons. The Balaban J connectivity index is 2.10. The lowest BCUT2D eigenvalue weighted by Crippen LogP contribution is -2.11. The maximum atomic E-state index is 9.29. The number of unbranched alkanes of at least 4 members (excludes halogenated alkanes) is 2. The monoisotopic (exact) mass is 239 g/mol. The van der Waals surface area contributed by atoms with Gasteiger partial charge < -0.3 is 9.84 Å². The predicted molar refractivity (Wildman–Crippen MR) is 63.4 cm³/mol. The average Bonchev–Trinajstić information content (AvgIpc) is 2.96. The molecule has 0 spiro atoms. The summed E-state index contributed by atoms with van der Waals surface area (Å²) in [6.45, 7) is 3.80. The van der Waals surface area contributed by atoms with E-state index in [0.29, 0.717) is 5.69 Å². The molecule has 0 aromatic carbocycles. The molecule has 5 nitrogen and oxygen atoms in total. The summed E-state index contributed by atoms with van der Waals surface area (Å²) in [4.78, 5) is 0. The van der Waals surface area contributed by atoms with E-state index in [1.165, 1.54) is 12.8 Å². The van der Waals surface area contributed by atoms with Gasteiger partial charge in [0.25, 0.3) is 0 Å². The third kappa shape index (κ3) is 2.84. The van der Waals surface area contributed by atoms with Crippen molar-refractivity contribution in [2.45, 2.75) is 58.3 Å². The number of hydrogen-bond donors (Lipinski definition) is 1. The van der Waals surface area contributed by atoms with Gasteiger partial charge in [-0.05, 0) is 19.3 Å². The van der Waals surface area contributed by atoms with Crippen LogP contribution in [0, 0.1) is 0 Å². The third-order valence-electron chi connectivity index (χ3n) is 3.21. The van der Waals surface area contributed by atoms with Crippen LogP contribution in [0.25, 0.3) is 0 Å². The van der Waals surface area contributed by atoms with Crippen LogP contribution in [-0.2, 0) is 17.9 Å². The van der Waals surface area contributed by atoms with Gasteiger partial charge in [-0.15, -0.1) is 5.10 Å². The first-order chi connectivity index (χ1) is 8.36. The average molecular weight is 239 g/mol. The molecule has 96 valence electrons. The quantitative estimate of drug-likeness (QED) is 0.769. The molecule has 0 amide bonds. The molecule has 1 N–H and O–H groups in total. The Morgan fingerprint density at radius 3 is 3.00 bits per heavy atom. The Labute approximate surface area is 102 Å². The molecule has 1 aliphatic rings. The van der Waals surface area contributed by atoms with Gasteiger partial charge in [-0.25, -0.2) is 4.68 Å². The van der Waals surface area contributed by atoms with Crippen LogP contribution in [0.5, 0.6) is 0 Å². The number of nitrogens with zero attached hydrogens (tertiary/aromatic N) is 3. The smallest absolute Gasteiger partial charge is 0.114 e. The van der Waals surface area contributed by atoms with Gasteiger partial charge in [0, 0.05) is 13.2 Å². The van der Waals surface area contributed by atoms with E-state index in [2.05, 4.69) is 17.2 Å². The lowest BCUT2D eigenvalue weighted by Gasteiger charge is -2.13. The number of hydrogen-bond acceptors (Lipinski definition) is 4. The minimum absolute atomic E-state index is 0.0526. The first-order valence-electron chi connectivity index (χ1n) is 6.51. The number of aryl methyl sites for hydroxylation is 1. The van der Waals surface area contributed by atoms with Crippen LogP contribution in [0.2, 0.25) is 0 Å². The van der Waals surface area contributed by atoms with Crippen molar-refractivity contribution in [3.8, 4) is 0 Å². The fourth-order valence-corrected chi connectivity index (χ4v) is 2.29. The first-order valence-corrected chi connectivity index (χ1v) is 6.51. The normalized spacial score (nSPS) is 20.0. The molecule has 1 aromatic heterocycles. The summed E-state index contributed by atoms with van der Waals surface area (Å²) in [5.74, 6) is 0. The van der Waals surface area contributed by atoms with E-state index in [4.69, 9.17) is 4.74 Å². The number of aliphatic hydroxyl groups excluding tert-OH is 1. The molecular formula is C12H21N3O2. The highest BCUT2D eigenvalue weighted by Crippen LogP contribution is 2.30. The van der Waals surface area contributed by atoms with Crippen molar-refractivity contribution >= 4 is 0 Å². The molecule has 5 heteroatoms. The van der Waals surface area contributed by atoms with Gasteiger partial charge in [-0.3, -0.25) is 0 Å². The van der Waals surface area contributed by atoms with Gasteiger partial charge in [-0.1, -0.05) is 25.0 Å². The SMILES string of the molecule is CCCCCn1nnc(CO)c1C1CCCO1. The van der Waals surface area contributed by atoms with Crippen molar-refractivity contribution in [2.24, 2.45) is 0 Å². The fourth-order valence-electron chi connectivity index (χ4n) is 2.29. The lowest BCUT2D eigenvalue weighted by molar-refractivity contribution is 0.102. The molecule has 0 saturated carbocycles. The minimum Gasteiger partial charge on any atom is -0.390 e. The topological polar surface area (TPSA) is 60.2 Å². The summed E-state index contributed by atoms with van der Waals surface area (Å²) in [5, 5.41) is 17.5. The molecule has 1 fully saturated rings. The minimum atomic E-state index is -0.0526. The van der Waals surface area contributed by atoms with Crippen LogP contribution in [0.15, 0.2) is 0 Å². The molecule has 0 aliphatic carbocycles. The maximum Gasteiger partial charge on any atom is 0.114 e. The van der Waals surface area contributed by atoms with E-state index in [0.717, 1.165) is 38.1 Å². The van der Waals surface area contributed by atoms with Crippen LogP contribution < -0.4 is 0 Å². The van der Waals surface area contributed by atoms with Crippen molar-refractivity contribution in [2.75, 3.05) is 6.61 Å². The van der Waals surface area contributed by atoms with Crippen molar-refractivity contribution in [1.29, 1.82) is 0 Å². The second-order valence-electron chi connectivity index (χ2n) is 4.51. The molecule has 1 saturated heterocycles. The molecule has 2 rings (SSSR count). The summed E-state index contributed by atoms with van der Waals surface area (Å²) in [6.07, 6.45) is 5.65. The number of ether oxygens (including phenoxy) is 1. The lowest BCUT2D eigenvalue weighted by atomic mass is 10.1. The highest BCUT2D eigenvalue weighted by Gasteiger charge is 2.25. The Bertz CT molecular complexity index is 346. The Morgan fingerprint density at radius 1 is 1.47 bits per heavy atom. The van der Waals surface area contributed by atoms with Crippen LogP contribution >= 0.6 is 0 Å². The zero-order valence-corrected chi connectivity index (χ0v) is 10.4. The van der Waals surface area contributed by atoms with Crippen LogP contribution in [0.3, 0.4) is 0 Å². The van der Waals surface area contributed by atoms with Crippen molar-refractivity contribution < 1.29 is 9.84 Å². The predicted octanol–water partition coefficient (Wildman–Crippen LogP) is 1.81. The van der Waals surface area contributed by atoms with Gasteiger partial charge in [0.05, 0.1) is 12.3 Å². The molecular weight excluding hydrogens is 218 g/mol. The molecule has 1 aliphatic heterocycles. The van der Waals surface area contributed by atoms with E-state index in [9.17, 15) is 5.11 Å². The molecule has 1 unspecified atom stereocenters. The van der Waals surface area contributed by atoms with E-state index in [-0.39, 0.29) is 12.7 Å². The van der Waals surface area contributed by atoms with Crippen molar-refractivity contribution in [1.82, 2.24) is 15.0 Å². The Kier molecular flexibility index (Phi) is 4.50. The number of rotatable bonds is 6. The van der Waals surface area contributed by atoms with Gasteiger partial charge in [0.2, 0.25) is 0 Å². The first kappa shape index (κ1) is 12.5. The Morgan fingerprint density at radius 2 is 2.35 bits per heavy atom. The van der Waals surface area contributed by atoms with Gasteiger partial charge in [0.15, 0.2) is 0 Å². The summed E-state index contributed by atoms with van der Waals surface area (Å²) >= 11 is 0. The summed E-state index contributed by atoms with van der Waals surface area (Å²) in [7, 11) is 0. The largest absolute Gasteiger partial charge is 0.390 e. The molecule has 0 bridgehead atoms. The maximum absolute atomic E-state index is 9.29. The van der Waals surface area contributed by atoms with Gasteiger partial charge in [0.1, 0.15) is 11.8 Å². The molecule has 2 heterocycles. The summed E-state index contributed by atoms with van der Waals surface area (Å²) in [6, 6.07) is 0. The molecule has 1 aromatic rings. The van der Waals surface area contributed by atoms with Crippen molar-refractivity contribution in [3.05, 3.63) is 11.4 Å². The van der Waals surface area contributed by atoms with Gasteiger partial charge in [-0.2, -0.15) is 0 Å². The van der Waals surface area contributed by atoms with Crippen LogP contribution in [-0.4, -0.2) is 26.7 Å². The van der Waals surface area contributed by atoms with E-state index < -0.39 is 0 Å². The van der Waals surface area contributed by atoms with E-state index in [1.54, 1.807) is 0 Å². The zero-order valence-electron chi connectivity index (χ0n) is 10.4. The van der Waals surface area contributed by atoms with Crippen LogP contribution in [0.1, 0.15) is 56.5 Å². The van der Waals surface area contributed by atoms with Gasteiger partial charge >= 0.3 is 0 Å². The third-order valence-corrected chi connectivity index (χ3v) is 3.21.